The molecule has 2 aromatic carbocycles. The van der Waals surface area contributed by atoms with E-state index < -0.39 is 0 Å². The van der Waals surface area contributed by atoms with Crippen molar-refractivity contribution in [2.24, 2.45) is 0 Å². The summed E-state index contributed by atoms with van der Waals surface area (Å²) in [5.41, 5.74) is 1.11. The smallest absolute Gasteiger partial charge is 0.175 e. The molecular weight excluding hydrogens is 343 g/mol. The summed E-state index contributed by atoms with van der Waals surface area (Å²) in [6.07, 6.45) is 0. The standard InChI is InChI=1S/C14H12BrFN2OS/c1-19-11-5-3-10(4-6-11)17-14(20)18-13-7-2-9(15)8-12(13)16/h2-8H,1H3,(H2,17,18,20). The summed E-state index contributed by atoms with van der Waals surface area (Å²) in [4.78, 5) is 0. The van der Waals surface area contributed by atoms with Crippen molar-refractivity contribution in [3.63, 3.8) is 0 Å². The first-order valence-corrected chi connectivity index (χ1v) is 6.96. The van der Waals surface area contributed by atoms with Crippen LogP contribution in [0.2, 0.25) is 0 Å². The molecule has 0 radical (unpaired) electrons. The predicted octanol–water partition coefficient (Wildman–Crippen LogP) is 4.41. The van der Waals surface area contributed by atoms with Crippen molar-refractivity contribution in [2.75, 3.05) is 17.7 Å². The van der Waals surface area contributed by atoms with Gasteiger partial charge in [0, 0.05) is 10.2 Å². The number of hydrogen-bond donors (Lipinski definition) is 2. The minimum atomic E-state index is -0.377. The van der Waals surface area contributed by atoms with E-state index in [1.165, 1.54) is 6.07 Å². The SMILES string of the molecule is COc1ccc(NC(=S)Nc2ccc(Br)cc2F)cc1. The number of halogens is 2. The third kappa shape index (κ3) is 3.91. The van der Waals surface area contributed by atoms with Crippen molar-refractivity contribution in [3.8, 4) is 5.75 Å². The van der Waals surface area contributed by atoms with Crippen molar-refractivity contribution in [3.05, 3.63) is 52.8 Å². The average molecular weight is 355 g/mol. The molecule has 104 valence electrons. The van der Waals surface area contributed by atoms with Gasteiger partial charge in [-0.25, -0.2) is 4.39 Å². The van der Waals surface area contributed by atoms with Crippen LogP contribution >= 0.6 is 28.1 Å². The van der Waals surface area contributed by atoms with Crippen LogP contribution < -0.4 is 15.4 Å². The third-order valence-corrected chi connectivity index (χ3v) is 3.22. The number of ether oxygens (including phenoxy) is 1. The number of benzene rings is 2. The van der Waals surface area contributed by atoms with Gasteiger partial charge in [-0.1, -0.05) is 15.9 Å². The van der Waals surface area contributed by atoms with E-state index in [4.69, 9.17) is 17.0 Å². The lowest BCUT2D eigenvalue weighted by Gasteiger charge is -2.11. The number of rotatable bonds is 3. The van der Waals surface area contributed by atoms with Crippen molar-refractivity contribution in [2.45, 2.75) is 0 Å². The first kappa shape index (κ1) is 14.7. The monoisotopic (exact) mass is 354 g/mol. The number of anilines is 2. The number of thiocarbonyl (C=S) groups is 1. The summed E-state index contributed by atoms with van der Waals surface area (Å²) < 4.78 is 19.4. The second-order valence-corrected chi connectivity index (χ2v) is 5.26. The largest absolute Gasteiger partial charge is 0.497 e. The topological polar surface area (TPSA) is 33.3 Å². The Bertz CT molecular complexity index is 619. The first-order chi connectivity index (χ1) is 9.58. The second-order valence-electron chi connectivity index (χ2n) is 3.93. The fourth-order valence-electron chi connectivity index (χ4n) is 1.55. The van der Waals surface area contributed by atoms with E-state index in [0.29, 0.717) is 15.3 Å². The maximum atomic E-state index is 13.7. The Balaban J connectivity index is 2.01. The molecule has 3 nitrogen and oxygen atoms in total. The van der Waals surface area contributed by atoms with Gasteiger partial charge < -0.3 is 15.4 Å². The Kier molecular flexibility index (Phi) is 4.92. The maximum absolute atomic E-state index is 13.7. The van der Waals surface area contributed by atoms with E-state index in [0.717, 1.165) is 11.4 Å². The molecule has 2 rings (SSSR count). The summed E-state index contributed by atoms with van der Waals surface area (Å²) >= 11 is 8.34. The number of methoxy groups -OCH3 is 1. The van der Waals surface area contributed by atoms with Crippen LogP contribution in [0.5, 0.6) is 5.75 Å². The van der Waals surface area contributed by atoms with Gasteiger partial charge in [0.2, 0.25) is 0 Å². The molecule has 0 aliphatic rings. The Morgan fingerprint density at radius 3 is 2.45 bits per heavy atom. The quantitative estimate of drug-likeness (QED) is 0.800. The number of nitrogens with one attached hydrogen (secondary N) is 2. The molecule has 0 amide bonds. The summed E-state index contributed by atoms with van der Waals surface area (Å²) in [6, 6.07) is 12.0. The molecule has 0 saturated carbocycles. The van der Waals surface area contributed by atoms with Crippen molar-refractivity contribution in [1.29, 1.82) is 0 Å². The highest BCUT2D eigenvalue weighted by molar-refractivity contribution is 9.10. The molecule has 0 aliphatic heterocycles. The molecule has 20 heavy (non-hydrogen) atoms. The minimum absolute atomic E-state index is 0.316. The molecule has 0 saturated heterocycles. The van der Waals surface area contributed by atoms with Crippen LogP contribution in [0.25, 0.3) is 0 Å². The minimum Gasteiger partial charge on any atom is -0.497 e. The van der Waals surface area contributed by atoms with Crippen LogP contribution in [0.15, 0.2) is 46.9 Å². The molecule has 0 aromatic heterocycles. The molecule has 0 fully saturated rings. The maximum Gasteiger partial charge on any atom is 0.175 e. The predicted molar refractivity (Wildman–Crippen MR) is 86.9 cm³/mol. The molecule has 6 heteroatoms. The van der Waals surface area contributed by atoms with E-state index in [1.54, 1.807) is 19.2 Å². The zero-order chi connectivity index (χ0) is 14.5. The van der Waals surface area contributed by atoms with Crippen molar-refractivity contribution in [1.82, 2.24) is 0 Å². The Labute approximate surface area is 130 Å². The molecule has 0 atom stereocenters. The van der Waals surface area contributed by atoms with Gasteiger partial charge in [0.05, 0.1) is 12.8 Å². The Hall–Kier alpha value is -1.66. The molecule has 0 bridgehead atoms. The lowest BCUT2D eigenvalue weighted by molar-refractivity contribution is 0.415. The lowest BCUT2D eigenvalue weighted by atomic mass is 10.3. The van der Waals surface area contributed by atoms with Gasteiger partial charge in [-0.15, -0.1) is 0 Å². The van der Waals surface area contributed by atoms with Crippen molar-refractivity contribution >= 4 is 44.6 Å². The molecule has 0 spiro atoms. The zero-order valence-corrected chi connectivity index (χ0v) is 13.0. The van der Waals surface area contributed by atoms with Crippen LogP contribution in [-0.2, 0) is 0 Å². The molecular formula is C14H12BrFN2OS. The molecule has 0 unspecified atom stereocenters. The lowest BCUT2D eigenvalue weighted by Crippen LogP contribution is -2.19. The van der Waals surface area contributed by atoms with Gasteiger partial charge >= 0.3 is 0 Å². The van der Waals surface area contributed by atoms with Crippen molar-refractivity contribution < 1.29 is 9.13 Å². The molecule has 0 aliphatic carbocycles. The summed E-state index contributed by atoms with van der Waals surface area (Å²) in [5, 5.41) is 6.09. The highest BCUT2D eigenvalue weighted by Crippen LogP contribution is 2.20. The Morgan fingerprint density at radius 2 is 1.85 bits per heavy atom. The van der Waals surface area contributed by atoms with Crippen LogP contribution in [0.3, 0.4) is 0 Å². The van der Waals surface area contributed by atoms with Gasteiger partial charge in [0.15, 0.2) is 5.11 Å². The van der Waals surface area contributed by atoms with Gasteiger partial charge in [-0.05, 0) is 54.7 Å². The average Bonchev–Trinajstić information content (AvgIpc) is 2.43. The van der Waals surface area contributed by atoms with Crippen LogP contribution in [0, 0.1) is 5.82 Å². The fourth-order valence-corrected chi connectivity index (χ4v) is 2.11. The van der Waals surface area contributed by atoms with Crippen LogP contribution in [0.4, 0.5) is 15.8 Å². The summed E-state index contributed by atoms with van der Waals surface area (Å²) in [6.45, 7) is 0. The third-order valence-electron chi connectivity index (χ3n) is 2.53. The number of hydrogen-bond acceptors (Lipinski definition) is 2. The fraction of sp³-hybridized carbons (Fsp3) is 0.0714. The molecule has 2 aromatic rings. The van der Waals surface area contributed by atoms with E-state index in [1.807, 2.05) is 24.3 Å². The van der Waals surface area contributed by atoms with Gasteiger partial charge in [-0.3, -0.25) is 0 Å². The highest BCUT2D eigenvalue weighted by atomic mass is 79.9. The van der Waals surface area contributed by atoms with Gasteiger partial charge in [-0.2, -0.15) is 0 Å². The van der Waals surface area contributed by atoms with Gasteiger partial charge in [0.1, 0.15) is 11.6 Å². The van der Waals surface area contributed by atoms with E-state index in [9.17, 15) is 4.39 Å². The van der Waals surface area contributed by atoms with E-state index in [2.05, 4.69) is 26.6 Å². The molecule has 2 N–H and O–H groups in total. The van der Waals surface area contributed by atoms with E-state index >= 15 is 0 Å². The van der Waals surface area contributed by atoms with E-state index in [-0.39, 0.29) is 5.82 Å². The first-order valence-electron chi connectivity index (χ1n) is 5.75. The highest BCUT2D eigenvalue weighted by Gasteiger charge is 2.05. The Morgan fingerprint density at radius 1 is 1.15 bits per heavy atom. The van der Waals surface area contributed by atoms with Crippen LogP contribution in [-0.4, -0.2) is 12.2 Å². The van der Waals surface area contributed by atoms with Gasteiger partial charge in [0.25, 0.3) is 0 Å². The zero-order valence-electron chi connectivity index (χ0n) is 10.6. The van der Waals surface area contributed by atoms with Crippen LogP contribution in [0.1, 0.15) is 0 Å². The normalized spacial score (nSPS) is 9.95. The summed E-state index contributed by atoms with van der Waals surface area (Å²) in [5.74, 6) is 0.381. The second kappa shape index (κ2) is 6.67. The summed E-state index contributed by atoms with van der Waals surface area (Å²) in [7, 11) is 1.60. The molecule has 0 heterocycles.